The Morgan fingerprint density at radius 2 is 2.18 bits per heavy atom. The number of rotatable bonds is 4. The molecule has 0 saturated heterocycles. The van der Waals surface area contributed by atoms with E-state index in [-0.39, 0.29) is 18.1 Å². The summed E-state index contributed by atoms with van der Waals surface area (Å²) in [6, 6.07) is -1.12. The Morgan fingerprint density at radius 3 is 2.65 bits per heavy atom. The minimum absolute atomic E-state index is 0.0735. The van der Waals surface area contributed by atoms with Crippen LogP contribution in [0.25, 0.3) is 0 Å². The Hall–Kier alpha value is -1.10. The maximum Gasteiger partial charge on any atom is 0.332 e. The van der Waals surface area contributed by atoms with Crippen molar-refractivity contribution >= 4 is 11.9 Å². The van der Waals surface area contributed by atoms with Crippen LogP contribution in [-0.4, -0.2) is 30.6 Å². The molecule has 0 aromatic heterocycles. The lowest BCUT2D eigenvalue weighted by Crippen LogP contribution is -2.52. The number of hydrogen-bond donors (Lipinski definition) is 2. The Labute approximate surface area is 102 Å². The van der Waals surface area contributed by atoms with Gasteiger partial charge in [0, 0.05) is 6.04 Å². The van der Waals surface area contributed by atoms with Crippen LogP contribution in [0.1, 0.15) is 40.0 Å². The van der Waals surface area contributed by atoms with E-state index in [1.54, 1.807) is 6.92 Å². The predicted molar refractivity (Wildman–Crippen MR) is 64.2 cm³/mol. The van der Waals surface area contributed by atoms with Crippen molar-refractivity contribution in [2.45, 2.75) is 52.1 Å². The molecular weight excluding hydrogens is 220 g/mol. The Kier molecular flexibility index (Phi) is 4.51. The minimum Gasteiger partial charge on any atom is -0.464 e. The van der Waals surface area contributed by atoms with Gasteiger partial charge in [-0.2, -0.15) is 0 Å². The van der Waals surface area contributed by atoms with Crippen LogP contribution in [0.15, 0.2) is 0 Å². The van der Waals surface area contributed by atoms with Crippen molar-refractivity contribution in [3.05, 3.63) is 0 Å². The first kappa shape index (κ1) is 14.0. The van der Waals surface area contributed by atoms with E-state index in [1.807, 2.05) is 0 Å². The number of carbonyl (C=O) groups excluding carboxylic acids is 2. The summed E-state index contributed by atoms with van der Waals surface area (Å²) >= 11 is 0. The second-order valence-electron chi connectivity index (χ2n) is 5.17. The lowest BCUT2D eigenvalue weighted by Gasteiger charge is -2.28. The Balaban J connectivity index is 2.51. The van der Waals surface area contributed by atoms with E-state index < -0.39 is 17.9 Å². The highest BCUT2D eigenvalue weighted by molar-refractivity contribution is 6.01. The second-order valence-corrected chi connectivity index (χ2v) is 5.17. The van der Waals surface area contributed by atoms with Gasteiger partial charge in [-0.05, 0) is 25.2 Å². The van der Waals surface area contributed by atoms with Crippen molar-refractivity contribution in [3.63, 3.8) is 0 Å². The molecule has 0 bridgehead atoms. The molecule has 1 rings (SSSR count). The van der Waals surface area contributed by atoms with Gasteiger partial charge in [-0.1, -0.05) is 20.3 Å². The summed E-state index contributed by atoms with van der Waals surface area (Å²) in [4.78, 5) is 23.1. The van der Waals surface area contributed by atoms with Crippen LogP contribution in [0.5, 0.6) is 0 Å². The molecule has 5 nitrogen and oxygen atoms in total. The first-order chi connectivity index (χ1) is 7.88. The molecular formula is C12H22N2O3. The maximum atomic E-state index is 11.8. The number of nitrogens with one attached hydrogen (secondary N) is 1. The number of amides is 1. The van der Waals surface area contributed by atoms with Crippen LogP contribution in [0, 0.1) is 5.41 Å². The number of ether oxygens (including phenoxy) is 1. The Morgan fingerprint density at radius 1 is 1.53 bits per heavy atom. The van der Waals surface area contributed by atoms with Gasteiger partial charge < -0.3 is 15.8 Å². The zero-order valence-corrected chi connectivity index (χ0v) is 10.8. The zero-order chi connectivity index (χ0) is 13.1. The van der Waals surface area contributed by atoms with E-state index in [1.165, 1.54) is 0 Å². The van der Waals surface area contributed by atoms with Gasteiger partial charge in [0.05, 0.1) is 6.61 Å². The van der Waals surface area contributed by atoms with Crippen molar-refractivity contribution in [3.8, 4) is 0 Å². The fourth-order valence-corrected chi connectivity index (χ4v) is 2.19. The molecule has 0 aromatic carbocycles. The fraction of sp³-hybridized carbons (Fsp3) is 0.833. The third-order valence-electron chi connectivity index (χ3n) is 3.40. The van der Waals surface area contributed by atoms with Crippen LogP contribution < -0.4 is 11.1 Å². The molecule has 5 heteroatoms. The van der Waals surface area contributed by atoms with Gasteiger partial charge in [0.25, 0.3) is 0 Å². The lowest BCUT2D eigenvalue weighted by atomic mass is 9.87. The molecule has 0 heterocycles. The summed E-state index contributed by atoms with van der Waals surface area (Å²) in [6.45, 7) is 6.14. The van der Waals surface area contributed by atoms with Crippen molar-refractivity contribution in [2.75, 3.05) is 6.61 Å². The summed E-state index contributed by atoms with van der Waals surface area (Å²) in [5, 5.41) is 2.84. The Bertz CT molecular complexity index is 302. The number of nitrogens with two attached hydrogens (primary N) is 1. The summed E-state index contributed by atoms with van der Waals surface area (Å²) in [6.07, 6.45) is 3.10. The molecule has 3 N–H and O–H groups in total. The first-order valence-electron chi connectivity index (χ1n) is 6.11. The molecule has 0 radical (unpaired) electrons. The molecule has 0 aliphatic heterocycles. The zero-order valence-electron chi connectivity index (χ0n) is 10.8. The third-order valence-corrected chi connectivity index (χ3v) is 3.40. The molecule has 1 fully saturated rings. The number of carbonyl (C=O) groups is 2. The van der Waals surface area contributed by atoms with Gasteiger partial charge in [0.2, 0.25) is 5.91 Å². The quantitative estimate of drug-likeness (QED) is 0.558. The van der Waals surface area contributed by atoms with Crippen LogP contribution in [-0.2, 0) is 14.3 Å². The second kappa shape index (κ2) is 5.49. The lowest BCUT2D eigenvalue weighted by molar-refractivity contribution is -0.148. The molecule has 1 aliphatic rings. The van der Waals surface area contributed by atoms with Gasteiger partial charge in [0.15, 0.2) is 6.04 Å². The molecule has 1 aliphatic carbocycles. The summed E-state index contributed by atoms with van der Waals surface area (Å²) in [5.41, 5.74) is 5.60. The molecule has 98 valence electrons. The first-order valence-corrected chi connectivity index (χ1v) is 6.11. The van der Waals surface area contributed by atoms with E-state index in [9.17, 15) is 9.59 Å². The summed E-state index contributed by atoms with van der Waals surface area (Å²) in [5.74, 6) is -1.11. The fourth-order valence-electron chi connectivity index (χ4n) is 2.19. The topological polar surface area (TPSA) is 81.4 Å². The van der Waals surface area contributed by atoms with Crippen molar-refractivity contribution in [2.24, 2.45) is 11.1 Å². The smallest absolute Gasteiger partial charge is 0.332 e. The monoisotopic (exact) mass is 242 g/mol. The van der Waals surface area contributed by atoms with Gasteiger partial charge in [-0.25, -0.2) is 4.79 Å². The van der Waals surface area contributed by atoms with Crippen LogP contribution in [0.2, 0.25) is 0 Å². The SMILES string of the molecule is CCOC(=O)C(N)C(=O)NC1CCCC1(C)C. The van der Waals surface area contributed by atoms with Gasteiger partial charge in [-0.15, -0.1) is 0 Å². The predicted octanol–water partition coefficient (Wildman–Crippen LogP) is 0.572. The van der Waals surface area contributed by atoms with Crippen molar-refractivity contribution in [1.29, 1.82) is 0 Å². The van der Waals surface area contributed by atoms with Gasteiger partial charge in [0.1, 0.15) is 0 Å². The average molecular weight is 242 g/mol. The highest BCUT2D eigenvalue weighted by Gasteiger charge is 2.37. The highest BCUT2D eigenvalue weighted by Crippen LogP contribution is 2.37. The van der Waals surface area contributed by atoms with E-state index in [4.69, 9.17) is 10.5 Å². The summed E-state index contributed by atoms with van der Waals surface area (Å²) < 4.78 is 4.72. The number of esters is 1. The minimum atomic E-state index is -1.22. The third kappa shape index (κ3) is 3.43. The molecule has 0 aromatic rings. The van der Waals surface area contributed by atoms with Gasteiger partial charge >= 0.3 is 5.97 Å². The van der Waals surface area contributed by atoms with Crippen LogP contribution >= 0.6 is 0 Å². The maximum absolute atomic E-state index is 11.8. The standard InChI is InChI=1S/C12H22N2O3/c1-4-17-11(16)9(13)10(15)14-8-6-5-7-12(8,2)3/h8-9H,4-7,13H2,1-3H3,(H,14,15). The van der Waals surface area contributed by atoms with Crippen molar-refractivity contribution in [1.82, 2.24) is 5.32 Å². The highest BCUT2D eigenvalue weighted by atomic mass is 16.5. The van der Waals surface area contributed by atoms with E-state index in [0.717, 1.165) is 19.3 Å². The van der Waals surface area contributed by atoms with E-state index in [0.29, 0.717) is 0 Å². The van der Waals surface area contributed by atoms with E-state index >= 15 is 0 Å². The van der Waals surface area contributed by atoms with Crippen molar-refractivity contribution < 1.29 is 14.3 Å². The average Bonchev–Trinajstić information content (AvgIpc) is 2.57. The molecule has 2 unspecified atom stereocenters. The largest absolute Gasteiger partial charge is 0.464 e. The molecule has 0 spiro atoms. The molecule has 2 atom stereocenters. The van der Waals surface area contributed by atoms with Crippen LogP contribution in [0.3, 0.4) is 0 Å². The molecule has 1 saturated carbocycles. The summed E-state index contributed by atoms with van der Waals surface area (Å²) in [7, 11) is 0. The number of hydrogen-bond acceptors (Lipinski definition) is 4. The normalized spacial score (nSPS) is 24.1. The van der Waals surface area contributed by atoms with E-state index in [2.05, 4.69) is 19.2 Å². The molecule has 17 heavy (non-hydrogen) atoms. The molecule has 1 amide bonds. The van der Waals surface area contributed by atoms with Gasteiger partial charge in [-0.3, -0.25) is 4.79 Å². The van der Waals surface area contributed by atoms with Crippen LogP contribution in [0.4, 0.5) is 0 Å².